The van der Waals surface area contributed by atoms with Crippen molar-refractivity contribution >= 4 is 32.4 Å². The number of benzene rings is 2. The normalized spacial score (nSPS) is 17.7. The van der Waals surface area contributed by atoms with Crippen molar-refractivity contribution in [2.45, 2.75) is 17.7 Å². The van der Waals surface area contributed by atoms with Crippen molar-refractivity contribution in [3.8, 4) is 34.3 Å². The lowest BCUT2D eigenvalue weighted by Gasteiger charge is -2.30. The first-order valence-electron chi connectivity index (χ1n) is 11.5. The highest BCUT2D eigenvalue weighted by atomic mass is 32.2. The number of amides is 1. The number of anilines is 1. The molecule has 1 N–H and O–H groups in total. The highest BCUT2D eigenvalue weighted by Crippen LogP contribution is 2.37. The Kier molecular flexibility index (Phi) is 5.94. The zero-order valence-electron chi connectivity index (χ0n) is 19.1. The smallest absolute Gasteiger partial charge is 0.243 e. The number of aromatic nitrogens is 1. The predicted octanol–water partition coefficient (Wildman–Crippen LogP) is 3.35. The second kappa shape index (κ2) is 9.26. The third-order valence-electron chi connectivity index (χ3n) is 6.38. The highest BCUT2D eigenvalue weighted by molar-refractivity contribution is 7.89. The zero-order valence-corrected chi connectivity index (χ0v) is 20.8. The fraction of sp³-hybridized carbons (Fsp3) is 0.333. The number of rotatable bonds is 5. The second-order valence-corrected chi connectivity index (χ2v) is 11.4. The summed E-state index contributed by atoms with van der Waals surface area (Å²) >= 11 is 1.34. The summed E-state index contributed by atoms with van der Waals surface area (Å²) < 4.78 is 49.5. The lowest BCUT2D eigenvalue weighted by atomic mass is 9.97. The molecule has 1 aromatic heterocycles. The molecule has 0 aliphatic carbocycles. The van der Waals surface area contributed by atoms with E-state index in [1.165, 1.54) is 27.8 Å². The predicted molar refractivity (Wildman–Crippen MR) is 131 cm³/mol. The van der Waals surface area contributed by atoms with E-state index in [1.54, 1.807) is 6.07 Å². The van der Waals surface area contributed by atoms with Gasteiger partial charge in [0.1, 0.15) is 13.2 Å². The molecule has 36 heavy (non-hydrogen) atoms. The molecule has 12 heteroatoms. The van der Waals surface area contributed by atoms with E-state index in [9.17, 15) is 13.2 Å². The molecule has 0 radical (unpaired) electrons. The number of carbonyl (C=O) groups excluding carboxylic acids is 1. The van der Waals surface area contributed by atoms with Crippen LogP contribution in [0.25, 0.3) is 11.3 Å². The van der Waals surface area contributed by atoms with Crippen LogP contribution in [0.2, 0.25) is 0 Å². The maximum absolute atomic E-state index is 13.2. The van der Waals surface area contributed by atoms with E-state index in [4.69, 9.17) is 18.9 Å². The van der Waals surface area contributed by atoms with Crippen LogP contribution >= 0.6 is 11.3 Å². The van der Waals surface area contributed by atoms with Crippen molar-refractivity contribution in [3.63, 3.8) is 0 Å². The molecule has 3 aromatic rings. The van der Waals surface area contributed by atoms with Crippen molar-refractivity contribution in [2.75, 3.05) is 38.4 Å². The molecule has 1 saturated heterocycles. The van der Waals surface area contributed by atoms with Gasteiger partial charge < -0.3 is 24.3 Å². The van der Waals surface area contributed by atoms with Gasteiger partial charge in [-0.15, -0.1) is 11.3 Å². The Morgan fingerprint density at radius 1 is 0.944 bits per heavy atom. The number of nitrogens with zero attached hydrogens (tertiary/aromatic N) is 2. The number of hydrogen-bond acceptors (Lipinski definition) is 9. The summed E-state index contributed by atoms with van der Waals surface area (Å²) in [5.74, 6) is 1.89. The van der Waals surface area contributed by atoms with Gasteiger partial charge >= 0.3 is 0 Å². The molecule has 3 aliphatic rings. The monoisotopic (exact) mass is 529 g/mol. The number of carbonyl (C=O) groups is 1. The van der Waals surface area contributed by atoms with Crippen LogP contribution in [0, 0.1) is 5.92 Å². The molecule has 188 valence electrons. The molecular formula is C24H23N3O7S2. The Hall–Kier alpha value is -3.35. The van der Waals surface area contributed by atoms with Gasteiger partial charge in [-0.3, -0.25) is 4.79 Å². The molecule has 6 rings (SSSR count). The first-order valence-corrected chi connectivity index (χ1v) is 13.9. The van der Waals surface area contributed by atoms with Crippen molar-refractivity contribution in [1.29, 1.82) is 0 Å². The largest absolute Gasteiger partial charge is 0.486 e. The number of sulfonamides is 1. The molecular weight excluding hydrogens is 506 g/mol. The molecule has 3 aliphatic heterocycles. The van der Waals surface area contributed by atoms with Crippen molar-refractivity contribution in [1.82, 2.24) is 9.29 Å². The number of hydrogen-bond donors (Lipinski definition) is 1. The molecule has 10 nitrogen and oxygen atoms in total. The number of thiazole rings is 1. The molecule has 0 saturated carbocycles. The van der Waals surface area contributed by atoms with Gasteiger partial charge in [0.15, 0.2) is 28.1 Å². The SMILES string of the molecule is O=C(Nc1nc(-c2ccc3c(c2)OCO3)cs1)C1CCN(S(=O)(=O)c2ccc3c(c2)OCCO3)CC1. The van der Waals surface area contributed by atoms with E-state index in [0.717, 1.165) is 11.3 Å². The van der Waals surface area contributed by atoms with Gasteiger partial charge in [0.2, 0.25) is 22.7 Å². The Morgan fingerprint density at radius 2 is 1.64 bits per heavy atom. The van der Waals surface area contributed by atoms with Crippen molar-refractivity contribution in [3.05, 3.63) is 41.8 Å². The van der Waals surface area contributed by atoms with E-state index in [-0.39, 0.29) is 36.6 Å². The van der Waals surface area contributed by atoms with Gasteiger partial charge in [0.05, 0.1) is 10.6 Å². The number of ether oxygens (including phenoxy) is 4. The van der Waals surface area contributed by atoms with Crippen LogP contribution in [0.1, 0.15) is 12.8 Å². The lowest BCUT2D eigenvalue weighted by Crippen LogP contribution is -2.41. The third-order valence-corrected chi connectivity index (χ3v) is 9.03. The lowest BCUT2D eigenvalue weighted by molar-refractivity contribution is -0.120. The Bertz CT molecular complexity index is 1410. The fourth-order valence-electron chi connectivity index (χ4n) is 4.42. The van der Waals surface area contributed by atoms with Crippen molar-refractivity contribution < 1.29 is 32.2 Å². The van der Waals surface area contributed by atoms with Gasteiger partial charge in [-0.05, 0) is 43.2 Å². The first-order chi connectivity index (χ1) is 17.5. The Labute approximate surface area is 211 Å². The zero-order chi connectivity index (χ0) is 24.7. The molecule has 4 heterocycles. The molecule has 1 fully saturated rings. The molecule has 2 aromatic carbocycles. The minimum Gasteiger partial charge on any atom is -0.486 e. The second-order valence-electron chi connectivity index (χ2n) is 8.58. The summed E-state index contributed by atoms with van der Waals surface area (Å²) in [6.45, 7) is 1.54. The topological polar surface area (TPSA) is 116 Å². The minimum atomic E-state index is -3.70. The summed E-state index contributed by atoms with van der Waals surface area (Å²) in [5, 5.41) is 5.26. The summed E-state index contributed by atoms with van der Waals surface area (Å²) in [5.41, 5.74) is 1.60. The summed E-state index contributed by atoms with van der Waals surface area (Å²) in [6, 6.07) is 10.2. The van der Waals surface area contributed by atoms with Gasteiger partial charge in [-0.2, -0.15) is 4.31 Å². The van der Waals surface area contributed by atoms with Crippen LogP contribution < -0.4 is 24.3 Å². The molecule has 0 bridgehead atoms. The molecule has 0 unspecified atom stereocenters. The van der Waals surface area contributed by atoms with Crippen LogP contribution in [0.4, 0.5) is 5.13 Å². The van der Waals surface area contributed by atoms with Crippen LogP contribution in [0.5, 0.6) is 23.0 Å². The van der Waals surface area contributed by atoms with E-state index < -0.39 is 10.0 Å². The van der Waals surface area contributed by atoms with E-state index >= 15 is 0 Å². The van der Waals surface area contributed by atoms with Crippen molar-refractivity contribution in [2.24, 2.45) is 5.92 Å². The number of nitrogens with one attached hydrogen (secondary N) is 1. The Balaban J connectivity index is 1.07. The average Bonchev–Trinajstić information content (AvgIpc) is 3.57. The standard InChI is InChI=1S/C24H23N3O7S2/c28-23(26-24-25-18(13-35-24)16-1-3-20-21(11-16)34-14-33-20)15-5-7-27(8-6-15)36(29,30)17-2-4-19-22(12-17)32-10-9-31-19/h1-4,11-13,15H,5-10,14H2,(H,25,26,28). The summed E-state index contributed by atoms with van der Waals surface area (Å²) in [7, 11) is -3.70. The van der Waals surface area contributed by atoms with Gasteiger partial charge in [-0.1, -0.05) is 0 Å². The van der Waals surface area contributed by atoms with Crippen LogP contribution in [-0.4, -0.2) is 56.7 Å². The fourth-order valence-corrected chi connectivity index (χ4v) is 6.63. The van der Waals surface area contributed by atoms with Crippen LogP contribution in [0.3, 0.4) is 0 Å². The van der Waals surface area contributed by atoms with Gasteiger partial charge in [-0.25, -0.2) is 13.4 Å². The van der Waals surface area contributed by atoms with E-state index in [1.807, 2.05) is 23.6 Å². The summed E-state index contributed by atoms with van der Waals surface area (Å²) in [4.78, 5) is 17.6. The number of fused-ring (bicyclic) bond motifs is 2. The van der Waals surface area contributed by atoms with E-state index in [0.29, 0.717) is 54.2 Å². The number of piperidine rings is 1. The Morgan fingerprint density at radius 3 is 2.47 bits per heavy atom. The maximum atomic E-state index is 13.2. The van der Waals surface area contributed by atoms with Gasteiger partial charge in [0.25, 0.3) is 0 Å². The summed E-state index contributed by atoms with van der Waals surface area (Å²) in [6.07, 6.45) is 0.853. The average molecular weight is 530 g/mol. The van der Waals surface area contributed by atoms with Gasteiger partial charge in [0, 0.05) is 36.0 Å². The van der Waals surface area contributed by atoms with Crippen LogP contribution in [-0.2, 0) is 14.8 Å². The van der Waals surface area contributed by atoms with Crippen LogP contribution in [0.15, 0.2) is 46.7 Å². The molecule has 1 amide bonds. The maximum Gasteiger partial charge on any atom is 0.243 e. The highest BCUT2D eigenvalue weighted by Gasteiger charge is 2.33. The van der Waals surface area contributed by atoms with E-state index in [2.05, 4.69) is 10.3 Å². The molecule has 0 atom stereocenters. The minimum absolute atomic E-state index is 0.155. The quantitative estimate of drug-likeness (QED) is 0.535. The third kappa shape index (κ3) is 4.36. The molecule has 0 spiro atoms. The first kappa shape index (κ1) is 23.1.